The van der Waals surface area contributed by atoms with Crippen LogP contribution < -0.4 is 0 Å². The molecule has 2 nitrogen and oxygen atoms in total. The zero-order valence-corrected chi connectivity index (χ0v) is 8.30. The van der Waals surface area contributed by atoms with Crippen LogP contribution in [0.3, 0.4) is 0 Å². The van der Waals surface area contributed by atoms with E-state index in [4.69, 9.17) is 0 Å². The average molecular weight is 196 g/mol. The van der Waals surface area contributed by atoms with E-state index < -0.39 is 6.10 Å². The Morgan fingerprint density at radius 3 is 2.77 bits per heavy atom. The molecule has 1 aromatic heterocycles. The van der Waals surface area contributed by atoms with Crippen molar-refractivity contribution in [1.29, 1.82) is 0 Å². The van der Waals surface area contributed by atoms with Gasteiger partial charge in [0.25, 0.3) is 0 Å². The summed E-state index contributed by atoms with van der Waals surface area (Å²) in [5.41, 5.74) is 0. The molecule has 0 radical (unpaired) electrons. The molecule has 0 saturated heterocycles. The van der Waals surface area contributed by atoms with Crippen molar-refractivity contribution in [2.24, 2.45) is 5.92 Å². The molecule has 0 bridgehead atoms. The Morgan fingerprint density at radius 2 is 2.31 bits per heavy atom. The Hall–Kier alpha value is -0.670. The summed E-state index contributed by atoms with van der Waals surface area (Å²) in [6.45, 7) is 1.96. The van der Waals surface area contributed by atoms with Gasteiger partial charge in [-0.3, -0.25) is 4.79 Å². The van der Waals surface area contributed by atoms with E-state index in [2.05, 4.69) is 0 Å². The monoisotopic (exact) mass is 196 g/mol. The van der Waals surface area contributed by atoms with E-state index in [-0.39, 0.29) is 11.7 Å². The van der Waals surface area contributed by atoms with Crippen molar-refractivity contribution in [1.82, 2.24) is 0 Å². The Bertz CT molecular complexity index is 325. The molecule has 1 aliphatic rings. The molecule has 1 N–H and O–H groups in total. The second kappa shape index (κ2) is 3.24. The summed E-state index contributed by atoms with van der Waals surface area (Å²) in [6, 6.07) is 3.71. The lowest BCUT2D eigenvalue weighted by molar-refractivity contribution is 0.0708. The zero-order valence-electron chi connectivity index (χ0n) is 7.49. The lowest BCUT2D eigenvalue weighted by atomic mass is 10.1. The number of thiophene rings is 1. The molecule has 1 aromatic rings. The van der Waals surface area contributed by atoms with Crippen molar-refractivity contribution in [2.75, 3.05) is 0 Å². The first-order valence-corrected chi connectivity index (χ1v) is 5.29. The second-order valence-electron chi connectivity index (χ2n) is 3.56. The zero-order chi connectivity index (χ0) is 9.42. The molecule has 0 spiro atoms. The third kappa shape index (κ3) is 1.81. The van der Waals surface area contributed by atoms with E-state index in [1.165, 1.54) is 11.3 Å². The average Bonchev–Trinajstić information content (AvgIpc) is 2.87. The molecule has 1 atom stereocenters. The standard InChI is InChI=1S/C10H12O2S/c1-6-2-5-8(13-6)10(12)9(11)7-3-4-7/h2,5,7,9,11H,3-4H2,1H3. The maximum Gasteiger partial charge on any atom is 0.201 e. The van der Waals surface area contributed by atoms with Crippen molar-refractivity contribution in [3.63, 3.8) is 0 Å². The van der Waals surface area contributed by atoms with Crippen LogP contribution in [-0.2, 0) is 0 Å². The van der Waals surface area contributed by atoms with Gasteiger partial charge in [0.1, 0.15) is 6.10 Å². The van der Waals surface area contributed by atoms with Crippen LogP contribution in [0.5, 0.6) is 0 Å². The molecule has 70 valence electrons. The number of hydrogen-bond donors (Lipinski definition) is 1. The summed E-state index contributed by atoms with van der Waals surface area (Å²) in [5, 5.41) is 9.58. The van der Waals surface area contributed by atoms with Gasteiger partial charge >= 0.3 is 0 Å². The van der Waals surface area contributed by atoms with E-state index in [9.17, 15) is 9.90 Å². The highest BCUT2D eigenvalue weighted by atomic mass is 32.1. The third-order valence-corrected chi connectivity index (χ3v) is 3.34. The molecule has 1 unspecified atom stereocenters. The number of Topliss-reactive ketones (excluding diaryl/α,β-unsaturated/α-hetero) is 1. The highest BCUT2D eigenvalue weighted by molar-refractivity contribution is 7.14. The van der Waals surface area contributed by atoms with E-state index in [1.807, 2.05) is 13.0 Å². The summed E-state index contributed by atoms with van der Waals surface area (Å²) in [4.78, 5) is 13.4. The largest absolute Gasteiger partial charge is 0.385 e. The molecule has 1 aliphatic carbocycles. The first-order valence-electron chi connectivity index (χ1n) is 4.47. The van der Waals surface area contributed by atoms with Crippen LogP contribution >= 0.6 is 11.3 Å². The first kappa shape index (κ1) is 8.91. The maximum atomic E-state index is 11.6. The molecule has 0 amide bonds. The van der Waals surface area contributed by atoms with E-state index in [0.717, 1.165) is 17.7 Å². The number of aliphatic hydroxyl groups is 1. The fourth-order valence-corrected chi connectivity index (χ4v) is 2.18. The summed E-state index contributed by atoms with van der Waals surface area (Å²) < 4.78 is 0. The molecule has 1 saturated carbocycles. The minimum atomic E-state index is -0.752. The molecule has 1 fully saturated rings. The Balaban J connectivity index is 2.11. The third-order valence-electron chi connectivity index (χ3n) is 2.32. The normalized spacial score (nSPS) is 18.6. The van der Waals surface area contributed by atoms with Crippen molar-refractivity contribution in [3.8, 4) is 0 Å². The van der Waals surface area contributed by atoms with Gasteiger partial charge in [0, 0.05) is 4.88 Å². The minimum absolute atomic E-state index is 0.0967. The van der Waals surface area contributed by atoms with Gasteiger partial charge in [0.2, 0.25) is 5.78 Å². The van der Waals surface area contributed by atoms with Gasteiger partial charge in [-0.1, -0.05) is 0 Å². The number of carbonyl (C=O) groups is 1. The quantitative estimate of drug-likeness (QED) is 0.751. The molecular formula is C10H12O2S. The van der Waals surface area contributed by atoms with Crippen molar-refractivity contribution in [3.05, 3.63) is 21.9 Å². The fourth-order valence-electron chi connectivity index (χ4n) is 1.34. The van der Waals surface area contributed by atoms with Crippen LogP contribution in [0.15, 0.2) is 12.1 Å². The summed E-state index contributed by atoms with van der Waals surface area (Å²) in [6.07, 6.45) is 1.24. The van der Waals surface area contributed by atoms with E-state index >= 15 is 0 Å². The molecule has 3 heteroatoms. The summed E-state index contributed by atoms with van der Waals surface area (Å²) >= 11 is 1.46. The predicted octanol–water partition coefficient (Wildman–Crippen LogP) is 2.01. The summed E-state index contributed by atoms with van der Waals surface area (Å²) in [5.74, 6) is 0.135. The van der Waals surface area contributed by atoms with Crippen LogP contribution in [0.1, 0.15) is 27.4 Å². The SMILES string of the molecule is Cc1ccc(C(=O)C(O)C2CC2)s1. The van der Waals surface area contributed by atoms with Gasteiger partial charge in [-0.25, -0.2) is 0 Å². The van der Waals surface area contributed by atoms with Crippen LogP contribution in [0.4, 0.5) is 0 Å². The number of hydrogen-bond acceptors (Lipinski definition) is 3. The van der Waals surface area contributed by atoms with Crippen LogP contribution in [-0.4, -0.2) is 17.0 Å². The number of ketones is 1. The minimum Gasteiger partial charge on any atom is -0.385 e. The van der Waals surface area contributed by atoms with Crippen LogP contribution in [0.25, 0.3) is 0 Å². The molecule has 1 heterocycles. The Labute approximate surface area is 81.2 Å². The Kier molecular flexibility index (Phi) is 2.22. The number of aliphatic hydroxyl groups excluding tert-OH is 1. The molecule has 2 rings (SSSR count). The molecule has 0 aromatic carbocycles. The van der Waals surface area contributed by atoms with Gasteiger partial charge in [-0.15, -0.1) is 11.3 Å². The Morgan fingerprint density at radius 1 is 1.62 bits per heavy atom. The van der Waals surface area contributed by atoms with Gasteiger partial charge in [0.05, 0.1) is 4.88 Å². The molecule has 13 heavy (non-hydrogen) atoms. The van der Waals surface area contributed by atoms with Crippen LogP contribution in [0.2, 0.25) is 0 Å². The van der Waals surface area contributed by atoms with Crippen molar-refractivity contribution >= 4 is 17.1 Å². The topological polar surface area (TPSA) is 37.3 Å². The van der Waals surface area contributed by atoms with E-state index in [1.54, 1.807) is 6.07 Å². The first-order chi connectivity index (χ1) is 6.18. The van der Waals surface area contributed by atoms with Crippen molar-refractivity contribution < 1.29 is 9.90 Å². The van der Waals surface area contributed by atoms with E-state index in [0.29, 0.717) is 4.88 Å². The number of aryl methyl sites for hydroxylation is 1. The summed E-state index contributed by atoms with van der Waals surface area (Å²) in [7, 11) is 0. The lowest BCUT2D eigenvalue weighted by Crippen LogP contribution is -2.21. The maximum absolute atomic E-state index is 11.6. The smallest absolute Gasteiger partial charge is 0.201 e. The van der Waals surface area contributed by atoms with Gasteiger partial charge in [-0.2, -0.15) is 0 Å². The number of carbonyl (C=O) groups excluding carboxylic acids is 1. The highest BCUT2D eigenvalue weighted by Gasteiger charge is 2.35. The van der Waals surface area contributed by atoms with Gasteiger partial charge in [-0.05, 0) is 37.8 Å². The van der Waals surface area contributed by atoms with Crippen LogP contribution in [0, 0.1) is 12.8 Å². The predicted molar refractivity (Wildman–Crippen MR) is 52.1 cm³/mol. The number of rotatable bonds is 3. The van der Waals surface area contributed by atoms with Gasteiger partial charge in [0.15, 0.2) is 0 Å². The van der Waals surface area contributed by atoms with Crippen molar-refractivity contribution in [2.45, 2.75) is 25.9 Å². The lowest BCUT2D eigenvalue weighted by Gasteiger charge is -2.04. The highest BCUT2D eigenvalue weighted by Crippen LogP contribution is 2.34. The molecular weight excluding hydrogens is 184 g/mol. The fraction of sp³-hybridized carbons (Fsp3) is 0.500. The second-order valence-corrected chi connectivity index (χ2v) is 4.84. The molecule has 0 aliphatic heterocycles. The van der Waals surface area contributed by atoms with Gasteiger partial charge < -0.3 is 5.11 Å².